The van der Waals surface area contributed by atoms with Crippen LogP contribution < -0.4 is 5.32 Å². The first-order valence-corrected chi connectivity index (χ1v) is 4.12. The topological polar surface area (TPSA) is 38.3 Å². The Labute approximate surface area is 80.6 Å². The molecule has 0 aliphatic heterocycles. The van der Waals surface area contributed by atoms with Crippen molar-refractivity contribution in [2.45, 2.75) is 45.5 Å². The fourth-order valence-electron chi connectivity index (χ4n) is 0.570. The van der Waals surface area contributed by atoms with E-state index in [4.69, 9.17) is 0 Å². The second kappa shape index (κ2) is 4.06. The molecule has 0 aromatic rings. The highest BCUT2D eigenvalue weighted by molar-refractivity contribution is 5.68. The number of carbonyl (C=O) groups is 1. The van der Waals surface area contributed by atoms with Gasteiger partial charge in [-0.1, -0.05) is 0 Å². The summed E-state index contributed by atoms with van der Waals surface area (Å²) in [4.78, 5) is 10.9. The normalized spacial score (nSPS) is 12.9. The van der Waals surface area contributed by atoms with Gasteiger partial charge < -0.3 is 10.1 Å². The average Bonchev–Trinajstić information content (AvgIpc) is 1.79. The van der Waals surface area contributed by atoms with Crippen LogP contribution in [0.25, 0.3) is 0 Å². The second-order valence-electron chi connectivity index (χ2n) is 3.70. The van der Waals surface area contributed by atoms with Gasteiger partial charge in [-0.15, -0.1) is 0 Å². The van der Waals surface area contributed by atoms with Crippen molar-refractivity contribution in [1.82, 2.24) is 5.32 Å². The van der Waals surface area contributed by atoms with E-state index < -0.39 is 23.9 Å². The first-order valence-electron chi connectivity index (χ1n) is 4.12. The maximum absolute atomic E-state index is 12.3. The fraction of sp³-hybridized carbons (Fsp3) is 0.875. The minimum atomic E-state index is -4.50. The highest BCUT2D eigenvalue weighted by Crippen LogP contribution is 2.29. The summed E-state index contributed by atoms with van der Waals surface area (Å²) in [6, 6.07) is 0. The van der Waals surface area contributed by atoms with E-state index in [9.17, 15) is 18.0 Å². The fourth-order valence-corrected chi connectivity index (χ4v) is 0.570. The van der Waals surface area contributed by atoms with Crippen molar-refractivity contribution < 1.29 is 22.7 Å². The zero-order valence-corrected chi connectivity index (χ0v) is 8.53. The number of halogens is 3. The van der Waals surface area contributed by atoms with E-state index in [1.54, 1.807) is 19.2 Å². The number of hydrogen-bond donors (Lipinski definition) is 1. The maximum Gasteiger partial charge on any atom is 0.411 e. The summed E-state index contributed by atoms with van der Waals surface area (Å²) in [5.74, 6) is 0. The molecule has 0 fully saturated rings. The summed E-state index contributed by atoms with van der Waals surface area (Å²) in [5, 5.41) is 1.74. The van der Waals surface area contributed by atoms with Gasteiger partial charge in [0.25, 0.3) is 0 Å². The summed E-state index contributed by atoms with van der Waals surface area (Å²) >= 11 is 0. The summed E-state index contributed by atoms with van der Waals surface area (Å²) in [6.45, 7) is 4.85. The van der Waals surface area contributed by atoms with Crippen molar-refractivity contribution in [2.75, 3.05) is 0 Å². The number of nitrogens with one attached hydrogen (secondary N) is 1. The van der Waals surface area contributed by atoms with Gasteiger partial charge in [-0.05, 0) is 27.7 Å². The Morgan fingerprint density at radius 1 is 1.29 bits per heavy atom. The Morgan fingerprint density at radius 3 is 2.00 bits per heavy atom. The minimum absolute atomic E-state index is 0.445. The first-order chi connectivity index (χ1) is 6.06. The van der Waals surface area contributed by atoms with Crippen LogP contribution in [-0.4, -0.2) is 23.9 Å². The number of alkyl halides is 3. The van der Waals surface area contributed by atoms with Crippen molar-refractivity contribution in [2.24, 2.45) is 0 Å². The van der Waals surface area contributed by atoms with E-state index >= 15 is 0 Å². The lowest BCUT2D eigenvalue weighted by Crippen LogP contribution is -2.54. The number of amides is 1. The van der Waals surface area contributed by atoms with Gasteiger partial charge in [0.1, 0.15) is 5.54 Å². The molecule has 0 aliphatic rings. The van der Waals surface area contributed by atoms with E-state index in [0.717, 1.165) is 13.8 Å². The van der Waals surface area contributed by atoms with Crippen molar-refractivity contribution in [3.8, 4) is 0 Å². The monoisotopic (exact) mass is 213 g/mol. The Balaban J connectivity index is 4.30. The molecule has 0 saturated carbocycles. The lowest BCUT2D eigenvalue weighted by molar-refractivity contribution is -0.183. The molecule has 0 aromatic heterocycles. The van der Waals surface area contributed by atoms with Gasteiger partial charge in [-0.25, -0.2) is 4.79 Å². The van der Waals surface area contributed by atoms with Crippen LogP contribution in [0.1, 0.15) is 27.7 Å². The Hall–Kier alpha value is -0.940. The molecule has 0 unspecified atom stereocenters. The third-order valence-electron chi connectivity index (χ3n) is 1.47. The molecule has 0 aromatic carbocycles. The van der Waals surface area contributed by atoms with Crippen molar-refractivity contribution >= 4 is 6.09 Å². The highest BCUT2D eigenvalue weighted by atomic mass is 19.4. The molecule has 0 saturated heterocycles. The molecule has 0 heterocycles. The second-order valence-corrected chi connectivity index (χ2v) is 3.70. The highest BCUT2D eigenvalue weighted by Gasteiger charge is 2.48. The van der Waals surface area contributed by atoms with E-state index in [-0.39, 0.29) is 0 Å². The minimum Gasteiger partial charge on any atom is -0.447 e. The SMILES string of the molecule is CC(C)OC(=O)NC(C)(C)C(F)(F)F. The number of hydrogen-bond acceptors (Lipinski definition) is 2. The number of rotatable bonds is 2. The van der Waals surface area contributed by atoms with E-state index in [0.29, 0.717) is 0 Å². The molecule has 3 nitrogen and oxygen atoms in total. The van der Waals surface area contributed by atoms with Crippen molar-refractivity contribution in [1.29, 1.82) is 0 Å². The van der Waals surface area contributed by atoms with Crippen LogP contribution in [0.5, 0.6) is 0 Å². The Bertz CT molecular complexity index is 211. The first kappa shape index (κ1) is 13.1. The molecule has 1 N–H and O–H groups in total. The van der Waals surface area contributed by atoms with E-state index in [1.807, 2.05) is 0 Å². The molecule has 0 bridgehead atoms. The molecule has 0 rings (SSSR count). The standard InChI is InChI=1S/C8H14F3NO2/c1-5(2)14-6(13)12-7(3,4)8(9,10)11/h5H,1-4H3,(H,12,13). The quantitative estimate of drug-likeness (QED) is 0.765. The summed E-state index contributed by atoms with van der Waals surface area (Å²) < 4.78 is 41.3. The molecule has 0 radical (unpaired) electrons. The molecule has 0 spiro atoms. The van der Waals surface area contributed by atoms with Gasteiger partial charge in [-0.2, -0.15) is 13.2 Å². The predicted molar refractivity (Wildman–Crippen MR) is 44.9 cm³/mol. The molecular weight excluding hydrogens is 199 g/mol. The van der Waals surface area contributed by atoms with Gasteiger partial charge >= 0.3 is 12.3 Å². The van der Waals surface area contributed by atoms with Crippen LogP contribution in [0.15, 0.2) is 0 Å². The number of carbonyl (C=O) groups excluding carboxylic acids is 1. The summed E-state index contributed by atoms with van der Waals surface area (Å²) in [6.07, 6.45) is -6.01. The third kappa shape index (κ3) is 3.85. The molecule has 0 aliphatic carbocycles. The lowest BCUT2D eigenvalue weighted by Gasteiger charge is -2.28. The van der Waals surface area contributed by atoms with Crippen LogP contribution in [0, 0.1) is 0 Å². The third-order valence-corrected chi connectivity index (χ3v) is 1.47. The summed E-state index contributed by atoms with van der Waals surface area (Å²) in [7, 11) is 0. The summed E-state index contributed by atoms with van der Waals surface area (Å²) in [5.41, 5.74) is -2.28. The van der Waals surface area contributed by atoms with E-state index in [1.165, 1.54) is 0 Å². The van der Waals surface area contributed by atoms with Gasteiger partial charge in [0.15, 0.2) is 0 Å². The average molecular weight is 213 g/mol. The number of alkyl carbamates (subject to hydrolysis) is 1. The van der Waals surface area contributed by atoms with Crippen molar-refractivity contribution in [3.63, 3.8) is 0 Å². The van der Waals surface area contributed by atoms with Gasteiger partial charge in [0.2, 0.25) is 0 Å². The van der Waals surface area contributed by atoms with Crippen LogP contribution in [-0.2, 0) is 4.74 Å². The lowest BCUT2D eigenvalue weighted by atomic mass is 10.1. The molecule has 6 heteroatoms. The molecule has 1 amide bonds. The Kier molecular flexibility index (Phi) is 3.79. The molecule has 84 valence electrons. The molecule has 14 heavy (non-hydrogen) atoms. The van der Waals surface area contributed by atoms with Gasteiger partial charge in [0, 0.05) is 0 Å². The largest absolute Gasteiger partial charge is 0.447 e. The molecular formula is C8H14F3NO2. The van der Waals surface area contributed by atoms with Crippen LogP contribution in [0.4, 0.5) is 18.0 Å². The maximum atomic E-state index is 12.3. The van der Waals surface area contributed by atoms with Crippen molar-refractivity contribution in [3.05, 3.63) is 0 Å². The predicted octanol–water partition coefficient (Wildman–Crippen LogP) is 2.46. The number of ether oxygens (including phenoxy) is 1. The van der Waals surface area contributed by atoms with Crippen LogP contribution in [0.3, 0.4) is 0 Å². The van der Waals surface area contributed by atoms with E-state index in [2.05, 4.69) is 4.74 Å². The smallest absolute Gasteiger partial charge is 0.411 e. The zero-order chi connectivity index (χ0) is 11.6. The molecule has 0 atom stereocenters. The van der Waals surface area contributed by atoms with Gasteiger partial charge in [-0.3, -0.25) is 0 Å². The zero-order valence-electron chi connectivity index (χ0n) is 8.53. The Morgan fingerprint density at radius 2 is 1.71 bits per heavy atom. The van der Waals surface area contributed by atoms with Crippen LogP contribution >= 0.6 is 0 Å². The van der Waals surface area contributed by atoms with Gasteiger partial charge in [0.05, 0.1) is 6.10 Å². The van der Waals surface area contributed by atoms with Crippen LogP contribution in [0.2, 0.25) is 0 Å².